The maximum absolute atomic E-state index is 4.53. The predicted molar refractivity (Wildman–Crippen MR) is 89.2 cm³/mol. The van der Waals surface area contributed by atoms with Crippen LogP contribution in [-0.2, 0) is 6.54 Å². The molecular weight excluding hydrogens is 258 g/mol. The Morgan fingerprint density at radius 3 is 2.48 bits per heavy atom. The van der Waals surface area contributed by atoms with Crippen LogP contribution in [0.5, 0.6) is 0 Å². The van der Waals surface area contributed by atoms with Crippen molar-refractivity contribution in [2.75, 3.05) is 6.54 Å². The first-order valence-electron chi connectivity index (χ1n) is 7.82. The van der Waals surface area contributed by atoms with Gasteiger partial charge in [0.25, 0.3) is 0 Å². The molecule has 0 aliphatic carbocycles. The summed E-state index contributed by atoms with van der Waals surface area (Å²) < 4.78 is 2.06. The lowest BCUT2D eigenvalue weighted by molar-refractivity contribution is 0.236. The number of benzene rings is 1. The molecule has 21 heavy (non-hydrogen) atoms. The summed E-state index contributed by atoms with van der Waals surface area (Å²) in [5, 5.41) is 8.18. The third kappa shape index (κ3) is 4.43. The predicted octanol–water partition coefficient (Wildman–Crippen LogP) is 3.96. The molecule has 1 unspecified atom stereocenters. The number of hydrogen-bond donors (Lipinski definition) is 1. The normalized spacial score (nSPS) is 13.3. The summed E-state index contributed by atoms with van der Waals surface area (Å²) in [6, 6.07) is 10.8. The lowest BCUT2D eigenvalue weighted by Gasteiger charge is -2.31. The van der Waals surface area contributed by atoms with Gasteiger partial charge >= 0.3 is 0 Å². The number of rotatable bonds is 6. The fraction of sp³-hybridized carbons (Fsp3) is 0.500. The van der Waals surface area contributed by atoms with E-state index >= 15 is 0 Å². The van der Waals surface area contributed by atoms with E-state index in [4.69, 9.17) is 0 Å². The maximum Gasteiger partial charge on any atom is 0.0568 e. The molecule has 1 N–H and O–H groups in total. The van der Waals surface area contributed by atoms with Crippen LogP contribution < -0.4 is 5.32 Å². The molecule has 3 heteroatoms. The molecule has 1 atom stereocenters. The molecule has 0 saturated heterocycles. The van der Waals surface area contributed by atoms with Crippen LogP contribution in [0.2, 0.25) is 0 Å². The molecule has 0 saturated carbocycles. The first kappa shape index (κ1) is 15.8. The first-order chi connectivity index (χ1) is 10.0. The summed E-state index contributed by atoms with van der Waals surface area (Å²) in [6.45, 7) is 11.0. The van der Waals surface area contributed by atoms with Crippen LogP contribution in [0.3, 0.4) is 0 Å². The molecule has 2 rings (SSSR count). The second-order valence-corrected chi connectivity index (χ2v) is 6.69. The van der Waals surface area contributed by atoms with E-state index < -0.39 is 0 Å². The summed E-state index contributed by atoms with van der Waals surface area (Å²) >= 11 is 0. The van der Waals surface area contributed by atoms with Crippen molar-refractivity contribution >= 4 is 0 Å². The Balaban J connectivity index is 2.10. The molecule has 114 valence electrons. The van der Waals surface area contributed by atoms with Crippen LogP contribution in [-0.4, -0.2) is 22.4 Å². The zero-order valence-corrected chi connectivity index (χ0v) is 13.6. The average Bonchev–Trinajstić information content (AvgIpc) is 2.92. The van der Waals surface area contributed by atoms with Gasteiger partial charge in [0.15, 0.2) is 0 Å². The molecule has 0 bridgehead atoms. The molecule has 0 aliphatic rings. The summed E-state index contributed by atoms with van der Waals surface area (Å²) in [5.41, 5.74) is 2.62. The SMILES string of the molecule is CCCNC(Cn1cc(-c2ccccc2)cn1)C(C)(C)C. The number of hydrogen-bond acceptors (Lipinski definition) is 2. The van der Waals surface area contributed by atoms with Gasteiger partial charge in [-0.1, -0.05) is 58.0 Å². The van der Waals surface area contributed by atoms with E-state index in [2.05, 4.69) is 73.3 Å². The van der Waals surface area contributed by atoms with Gasteiger partial charge in [-0.25, -0.2) is 0 Å². The molecule has 0 aliphatic heterocycles. The maximum atomic E-state index is 4.53. The second kappa shape index (κ2) is 6.90. The van der Waals surface area contributed by atoms with Gasteiger partial charge in [-0.15, -0.1) is 0 Å². The average molecular weight is 285 g/mol. The van der Waals surface area contributed by atoms with Crippen LogP contribution in [0.4, 0.5) is 0 Å². The van der Waals surface area contributed by atoms with E-state index in [0.29, 0.717) is 6.04 Å². The molecule has 1 aromatic heterocycles. The minimum Gasteiger partial charge on any atom is -0.312 e. The highest BCUT2D eigenvalue weighted by Crippen LogP contribution is 2.22. The smallest absolute Gasteiger partial charge is 0.0568 e. The highest BCUT2D eigenvalue weighted by molar-refractivity contribution is 5.61. The van der Waals surface area contributed by atoms with Gasteiger partial charge < -0.3 is 5.32 Å². The van der Waals surface area contributed by atoms with Gasteiger partial charge in [0.1, 0.15) is 0 Å². The topological polar surface area (TPSA) is 29.9 Å². The standard InChI is InChI=1S/C18H27N3/c1-5-11-19-17(18(2,3)4)14-21-13-16(12-20-21)15-9-7-6-8-10-15/h6-10,12-13,17,19H,5,11,14H2,1-4H3. The molecule has 2 aromatic rings. The number of nitrogens with one attached hydrogen (secondary N) is 1. The quantitative estimate of drug-likeness (QED) is 0.870. The zero-order valence-electron chi connectivity index (χ0n) is 13.6. The Bertz CT molecular complexity index is 537. The fourth-order valence-corrected chi connectivity index (χ4v) is 2.39. The summed E-state index contributed by atoms with van der Waals surface area (Å²) in [7, 11) is 0. The molecule has 0 amide bonds. The van der Waals surface area contributed by atoms with Crippen molar-refractivity contribution < 1.29 is 0 Å². The van der Waals surface area contributed by atoms with Gasteiger partial charge in [0.05, 0.1) is 12.7 Å². The first-order valence-corrected chi connectivity index (χ1v) is 7.82. The minimum absolute atomic E-state index is 0.216. The Labute approximate surface area is 128 Å². The molecule has 0 spiro atoms. The van der Waals surface area contributed by atoms with E-state index in [1.807, 2.05) is 12.3 Å². The molecule has 3 nitrogen and oxygen atoms in total. The van der Waals surface area contributed by atoms with Gasteiger partial charge in [-0.3, -0.25) is 4.68 Å². The van der Waals surface area contributed by atoms with Gasteiger partial charge in [-0.2, -0.15) is 5.10 Å². The van der Waals surface area contributed by atoms with Crippen molar-refractivity contribution in [3.8, 4) is 11.1 Å². The lowest BCUT2D eigenvalue weighted by Crippen LogP contribution is -2.43. The largest absolute Gasteiger partial charge is 0.312 e. The van der Waals surface area contributed by atoms with Gasteiger partial charge in [0, 0.05) is 17.8 Å². The minimum atomic E-state index is 0.216. The van der Waals surface area contributed by atoms with E-state index in [0.717, 1.165) is 19.5 Å². The molecule has 0 fully saturated rings. The van der Waals surface area contributed by atoms with Crippen molar-refractivity contribution in [3.05, 3.63) is 42.7 Å². The van der Waals surface area contributed by atoms with Crippen LogP contribution in [0.1, 0.15) is 34.1 Å². The van der Waals surface area contributed by atoms with Crippen molar-refractivity contribution in [3.63, 3.8) is 0 Å². The highest BCUT2D eigenvalue weighted by Gasteiger charge is 2.24. The zero-order chi connectivity index (χ0) is 15.3. The summed E-state index contributed by atoms with van der Waals surface area (Å²) in [4.78, 5) is 0. The summed E-state index contributed by atoms with van der Waals surface area (Å²) in [5.74, 6) is 0. The lowest BCUT2D eigenvalue weighted by atomic mass is 9.86. The van der Waals surface area contributed by atoms with Gasteiger partial charge in [0.2, 0.25) is 0 Å². The fourth-order valence-electron chi connectivity index (χ4n) is 2.39. The van der Waals surface area contributed by atoms with Crippen LogP contribution in [0.15, 0.2) is 42.7 Å². The van der Waals surface area contributed by atoms with Crippen molar-refractivity contribution in [1.82, 2.24) is 15.1 Å². The van der Waals surface area contributed by atoms with Crippen LogP contribution >= 0.6 is 0 Å². The monoisotopic (exact) mass is 285 g/mol. The van der Waals surface area contributed by atoms with Crippen molar-refractivity contribution in [1.29, 1.82) is 0 Å². The Morgan fingerprint density at radius 2 is 1.86 bits per heavy atom. The van der Waals surface area contributed by atoms with E-state index in [1.54, 1.807) is 0 Å². The van der Waals surface area contributed by atoms with E-state index in [-0.39, 0.29) is 5.41 Å². The van der Waals surface area contributed by atoms with E-state index in [1.165, 1.54) is 11.1 Å². The molecular formula is C18H27N3. The molecule has 0 radical (unpaired) electrons. The number of aromatic nitrogens is 2. The Hall–Kier alpha value is -1.61. The van der Waals surface area contributed by atoms with Crippen molar-refractivity contribution in [2.24, 2.45) is 5.41 Å². The summed E-state index contributed by atoms with van der Waals surface area (Å²) in [6.07, 6.45) is 5.25. The molecule has 1 aromatic carbocycles. The highest BCUT2D eigenvalue weighted by atomic mass is 15.3. The van der Waals surface area contributed by atoms with Crippen molar-refractivity contribution in [2.45, 2.75) is 46.7 Å². The second-order valence-electron chi connectivity index (χ2n) is 6.69. The Kier molecular flexibility index (Phi) is 5.18. The Morgan fingerprint density at radius 1 is 1.14 bits per heavy atom. The third-order valence-electron chi connectivity index (χ3n) is 3.80. The van der Waals surface area contributed by atoms with E-state index in [9.17, 15) is 0 Å². The van der Waals surface area contributed by atoms with Crippen LogP contribution in [0.25, 0.3) is 11.1 Å². The van der Waals surface area contributed by atoms with Crippen LogP contribution in [0, 0.1) is 5.41 Å². The van der Waals surface area contributed by atoms with Gasteiger partial charge in [-0.05, 0) is 23.9 Å². The third-order valence-corrected chi connectivity index (χ3v) is 3.80. The number of nitrogens with zero attached hydrogens (tertiary/aromatic N) is 2. The molecule has 1 heterocycles.